The Morgan fingerprint density at radius 1 is 1.44 bits per heavy atom. The predicted octanol–water partition coefficient (Wildman–Crippen LogP) is 2.27. The molecule has 0 bridgehead atoms. The summed E-state index contributed by atoms with van der Waals surface area (Å²) >= 11 is 1.07. The van der Waals surface area contributed by atoms with Gasteiger partial charge in [-0.15, -0.1) is 11.3 Å². The topological polar surface area (TPSA) is 82.2 Å². The van der Waals surface area contributed by atoms with E-state index in [0.29, 0.717) is 16.1 Å². The minimum Gasteiger partial charge on any atom is -0.477 e. The third-order valence-corrected chi connectivity index (χ3v) is 3.67. The molecule has 3 heterocycles. The molecular formula is C12H8N2O3S. The molecule has 1 aliphatic heterocycles. The van der Waals surface area contributed by atoms with E-state index in [1.165, 1.54) is 6.07 Å². The van der Waals surface area contributed by atoms with E-state index in [0.717, 1.165) is 17.0 Å². The summed E-state index contributed by atoms with van der Waals surface area (Å²) in [4.78, 5) is 25.8. The first-order chi connectivity index (χ1) is 8.65. The van der Waals surface area contributed by atoms with Gasteiger partial charge in [-0.3, -0.25) is 4.79 Å². The minimum atomic E-state index is -0.983. The van der Waals surface area contributed by atoms with Gasteiger partial charge in [-0.05, 0) is 24.3 Å². The average Bonchev–Trinajstić information content (AvgIpc) is 2.98. The third kappa shape index (κ3) is 1.63. The van der Waals surface area contributed by atoms with Crippen molar-refractivity contribution in [2.24, 2.45) is 0 Å². The Morgan fingerprint density at radius 2 is 2.28 bits per heavy atom. The maximum atomic E-state index is 11.8. The van der Waals surface area contributed by atoms with E-state index < -0.39 is 5.97 Å². The van der Waals surface area contributed by atoms with Crippen LogP contribution in [0.1, 0.15) is 20.9 Å². The van der Waals surface area contributed by atoms with Crippen LogP contribution in [0.25, 0.3) is 11.6 Å². The molecule has 1 amide bonds. The molecule has 0 saturated carbocycles. The van der Waals surface area contributed by atoms with Crippen molar-refractivity contribution in [3.8, 4) is 0 Å². The number of rotatable bonds is 2. The normalized spacial score (nSPS) is 15.8. The second-order valence-electron chi connectivity index (χ2n) is 3.80. The van der Waals surface area contributed by atoms with Crippen LogP contribution in [-0.4, -0.2) is 22.0 Å². The van der Waals surface area contributed by atoms with Gasteiger partial charge >= 0.3 is 5.97 Å². The van der Waals surface area contributed by atoms with Crippen LogP contribution >= 0.6 is 11.3 Å². The molecule has 18 heavy (non-hydrogen) atoms. The van der Waals surface area contributed by atoms with Crippen molar-refractivity contribution in [3.63, 3.8) is 0 Å². The highest BCUT2D eigenvalue weighted by Gasteiger charge is 2.28. The number of aromatic carboxylic acids is 1. The molecule has 1 aliphatic rings. The summed E-state index contributed by atoms with van der Waals surface area (Å²) in [5.74, 6) is -1.19. The third-order valence-electron chi connectivity index (χ3n) is 2.63. The number of thiophene rings is 1. The fourth-order valence-electron chi connectivity index (χ4n) is 1.81. The van der Waals surface area contributed by atoms with E-state index >= 15 is 0 Å². The van der Waals surface area contributed by atoms with Crippen molar-refractivity contribution in [1.82, 2.24) is 4.98 Å². The highest BCUT2D eigenvalue weighted by molar-refractivity contribution is 7.18. The monoisotopic (exact) mass is 260 g/mol. The zero-order valence-corrected chi connectivity index (χ0v) is 9.88. The molecule has 0 radical (unpaired) electrons. The molecule has 2 aromatic heterocycles. The van der Waals surface area contributed by atoms with E-state index in [9.17, 15) is 9.59 Å². The average molecular weight is 260 g/mol. The van der Waals surface area contributed by atoms with E-state index in [2.05, 4.69) is 10.3 Å². The molecular weight excluding hydrogens is 252 g/mol. The van der Waals surface area contributed by atoms with Gasteiger partial charge < -0.3 is 15.4 Å². The molecule has 0 atom stereocenters. The number of amides is 1. The van der Waals surface area contributed by atoms with Crippen LogP contribution in [0.15, 0.2) is 24.4 Å². The molecule has 0 fully saturated rings. The van der Waals surface area contributed by atoms with Crippen LogP contribution in [0.2, 0.25) is 0 Å². The number of anilines is 1. The number of aromatic nitrogens is 1. The summed E-state index contributed by atoms with van der Waals surface area (Å²) in [5, 5.41) is 12.2. The van der Waals surface area contributed by atoms with Crippen LogP contribution in [0.5, 0.6) is 0 Å². The van der Waals surface area contributed by atoms with E-state index in [1.807, 2.05) is 12.1 Å². The van der Waals surface area contributed by atoms with Gasteiger partial charge in [0.15, 0.2) is 0 Å². The Morgan fingerprint density at radius 3 is 2.94 bits per heavy atom. The van der Waals surface area contributed by atoms with E-state index in [4.69, 9.17) is 5.11 Å². The molecule has 3 N–H and O–H groups in total. The largest absolute Gasteiger partial charge is 0.477 e. The summed E-state index contributed by atoms with van der Waals surface area (Å²) in [5.41, 5.74) is 1.93. The van der Waals surface area contributed by atoms with Gasteiger partial charge in [0.2, 0.25) is 0 Å². The molecule has 5 nitrogen and oxygen atoms in total. The Kier molecular flexibility index (Phi) is 2.31. The second kappa shape index (κ2) is 3.85. The standard InChI is InChI=1S/C12H8N2O3S/c15-10-7(4-6-2-1-3-13-6)8-5-9(12(16)17)18-11(8)14-10/h1-5,13H,(H,14,15)(H,16,17). The van der Waals surface area contributed by atoms with Crippen molar-refractivity contribution in [2.45, 2.75) is 0 Å². The number of carbonyl (C=O) groups is 2. The van der Waals surface area contributed by atoms with Crippen molar-refractivity contribution >= 4 is 39.9 Å². The van der Waals surface area contributed by atoms with Crippen molar-refractivity contribution < 1.29 is 14.7 Å². The second-order valence-corrected chi connectivity index (χ2v) is 4.85. The maximum Gasteiger partial charge on any atom is 0.345 e. The maximum absolute atomic E-state index is 11.8. The van der Waals surface area contributed by atoms with Crippen LogP contribution in [0.4, 0.5) is 5.00 Å². The molecule has 3 rings (SSSR count). The quantitative estimate of drug-likeness (QED) is 0.724. The first-order valence-electron chi connectivity index (χ1n) is 5.19. The molecule has 2 aromatic rings. The summed E-state index contributed by atoms with van der Waals surface area (Å²) < 4.78 is 0. The predicted molar refractivity (Wildman–Crippen MR) is 68.6 cm³/mol. The Balaban J connectivity index is 2.08. The highest BCUT2D eigenvalue weighted by atomic mass is 32.1. The number of fused-ring (bicyclic) bond motifs is 1. The van der Waals surface area contributed by atoms with Crippen LogP contribution in [-0.2, 0) is 4.79 Å². The fourth-order valence-corrected chi connectivity index (χ4v) is 2.72. The Bertz CT molecular complexity index is 668. The molecule has 6 heteroatoms. The Hall–Kier alpha value is -2.34. The Labute approximate surface area is 106 Å². The van der Waals surface area contributed by atoms with Crippen LogP contribution < -0.4 is 5.32 Å². The lowest BCUT2D eigenvalue weighted by Crippen LogP contribution is -2.04. The van der Waals surface area contributed by atoms with E-state index in [-0.39, 0.29) is 10.8 Å². The first kappa shape index (κ1) is 10.8. The van der Waals surface area contributed by atoms with Gasteiger partial charge in [0.05, 0.1) is 5.57 Å². The number of carboxylic acid groups (broad SMARTS) is 1. The van der Waals surface area contributed by atoms with Gasteiger partial charge in [-0.25, -0.2) is 4.79 Å². The van der Waals surface area contributed by atoms with Crippen LogP contribution in [0, 0.1) is 0 Å². The minimum absolute atomic E-state index is 0.206. The van der Waals surface area contributed by atoms with Crippen molar-refractivity contribution in [2.75, 3.05) is 5.32 Å². The lowest BCUT2D eigenvalue weighted by Gasteiger charge is -1.94. The summed E-state index contributed by atoms with van der Waals surface area (Å²) in [6.07, 6.45) is 3.47. The summed E-state index contributed by atoms with van der Waals surface area (Å²) in [7, 11) is 0. The number of hydrogen-bond acceptors (Lipinski definition) is 3. The molecule has 0 saturated heterocycles. The number of aromatic amines is 1. The number of carboxylic acids is 1. The first-order valence-corrected chi connectivity index (χ1v) is 6.01. The van der Waals surface area contributed by atoms with Gasteiger partial charge in [0.1, 0.15) is 9.88 Å². The summed E-state index contributed by atoms with van der Waals surface area (Å²) in [6.45, 7) is 0. The lowest BCUT2D eigenvalue weighted by atomic mass is 10.1. The van der Waals surface area contributed by atoms with Crippen molar-refractivity contribution in [3.05, 3.63) is 40.5 Å². The molecule has 0 aromatic carbocycles. The van der Waals surface area contributed by atoms with Gasteiger partial charge in [-0.2, -0.15) is 0 Å². The highest BCUT2D eigenvalue weighted by Crippen LogP contribution is 2.39. The van der Waals surface area contributed by atoms with Gasteiger partial charge in [0.25, 0.3) is 5.91 Å². The van der Waals surface area contributed by atoms with Gasteiger partial charge in [0, 0.05) is 17.5 Å². The number of carbonyl (C=O) groups excluding carboxylic acids is 1. The van der Waals surface area contributed by atoms with Crippen molar-refractivity contribution in [1.29, 1.82) is 0 Å². The lowest BCUT2D eigenvalue weighted by molar-refractivity contribution is -0.110. The van der Waals surface area contributed by atoms with E-state index in [1.54, 1.807) is 12.3 Å². The number of H-pyrrole nitrogens is 1. The molecule has 0 spiro atoms. The van der Waals surface area contributed by atoms with Crippen LogP contribution in [0.3, 0.4) is 0 Å². The zero-order valence-electron chi connectivity index (χ0n) is 9.06. The van der Waals surface area contributed by atoms with Gasteiger partial charge in [-0.1, -0.05) is 0 Å². The smallest absolute Gasteiger partial charge is 0.345 e. The fraction of sp³-hybridized carbons (Fsp3) is 0. The molecule has 0 unspecified atom stereocenters. The SMILES string of the molecule is O=C1Nc2sc(C(=O)O)cc2C1=Cc1ccc[nH]1. The zero-order chi connectivity index (χ0) is 12.7. The molecule has 0 aliphatic carbocycles. The summed E-state index contributed by atoms with van der Waals surface area (Å²) in [6, 6.07) is 5.19. The number of nitrogens with one attached hydrogen (secondary N) is 2. The number of hydrogen-bond donors (Lipinski definition) is 3. The molecule has 90 valence electrons.